The minimum atomic E-state index is -4.29. The first-order valence-corrected chi connectivity index (χ1v) is 11.1. The second-order valence-electron chi connectivity index (χ2n) is 8.69. The molecular weight excluding hydrogens is 435 g/mol. The van der Waals surface area contributed by atoms with Crippen LogP contribution in [0.1, 0.15) is 18.4 Å². The minimum absolute atomic E-state index is 0.162. The number of piperidine rings is 1. The molecule has 1 aromatic carbocycles. The molecule has 2 aliphatic heterocycles. The molecule has 1 saturated heterocycles. The maximum absolute atomic E-state index is 12.9. The Morgan fingerprint density at radius 2 is 1.94 bits per heavy atom. The van der Waals surface area contributed by atoms with E-state index in [0.29, 0.717) is 41.9 Å². The molecule has 2 aliphatic rings. The van der Waals surface area contributed by atoms with Crippen molar-refractivity contribution in [3.63, 3.8) is 0 Å². The van der Waals surface area contributed by atoms with E-state index >= 15 is 0 Å². The van der Waals surface area contributed by atoms with E-state index in [2.05, 4.69) is 20.0 Å². The van der Waals surface area contributed by atoms with Crippen molar-refractivity contribution in [1.29, 1.82) is 0 Å². The molecule has 0 saturated carbocycles. The predicted octanol–water partition coefficient (Wildman–Crippen LogP) is 2.90. The summed E-state index contributed by atoms with van der Waals surface area (Å²) in [5.41, 5.74) is 7.86. The summed E-state index contributed by atoms with van der Waals surface area (Å²) in [6.45, 7) is 3.53. The number of rotatable bonds is 4. The Hall–Kier alpha value is -3.08. The average Bonchev–Trinajstić information content (AvgIpc) is 3.22. The maximum atomic E-state index is 12.9. The van der Waals surface area contributed by atoms with Crippen LogP contribution in [-0.4, -0.2) is 65.8 Å². The van der Waals surface area contributed by atoms with Crippen LogP contribution >= 0.6 is 0 Å². The van der Waals surface area contributed by atoms with Crippen molar-refractivity contribution >= 4 is 17.2 Å². The quantitative estimate of drug-likeness (QED) is 0.640. The number of ether oxygens (including phenoxy) is 1. The number of nitrogens with two attached hydrogens (primary N) is 1. The molecule has 3 aromatic rings. The molecule has 0 unspecified atom stereocenters. The molecule has 8 nitrogen and oxygen atoms in total. The number of anilines is 2. The third kappa shape index (κ3) is 4.17. The van der Waals surface area contributed by atoms with E-state index in [0.717, 1.165) is 44.0 Å². The third-order valence-corrected chi connectivity index (χ3v) is 6.36. The molecule has 176 valence electrons. The van der Waals surface area contributed by atoms with Gasteiger partial charge >= 0.3 is 6.18 Å². The number of likely N-dealkylation sites (N-methyl/N-ethyl adjacent to an activating group) is 1. The predicted molar refractivity (Wildman–Crippen MR) is 119 cm³/mol. The lowest BCUT2D eigenvalue weighted by Gasteiger charge is -2.36. The van der Waals surface area contributed by atoms with Crippen LogP contribution in [0.15, 0.2) is 24.3 Å². The van der Waals surface area contributed by atoms with Crippen molar-refractivity contribution in [2.24, 2.45) is 11.7 Å². The summed E-state index contributed by atoms with van der Waals surface area (Å²) in [5, 5.41) is 13.5. The Labute approximate surface area is 189 Å². The van der Waals surface area contributed by atoms with Crippen LogP contribution in [0.4, 0.5) is 24.7 Å². The fourth-order valence-corrected chi connectivity index (χ4v) is 4.56. The summed E-state index contributed by atoms with van der Waals surface area (Å²) < 4.78 is 46.4. The van der Waals surface area contributed by atoms with E-state index in [1.54, 1.807) is 16.6 Å². The molecule has 0 spiro atoms. The van der Waals surface area contributed by atoms with Crippen LogP contribution in [0, 0.1) is 5.92 Å². The van der Waals surface area contributed by atoms with Crippen LogP contribution < -0.4 is 20.3 Å². The van der Waals surface area contributed by atoms with Crippen LogP contribution in [0.2, 0.25) is 0 Å². The van der Waals surface area contributed by atoms with Crippen LogP contribution in [-0.2, 0) is 6.42 Å². The van der Waals surface area contributed by atoms with Gasteiger partial charge in [0.2, 0.25) is 5.65 Å². The Balaban J connectivity index is 1.61. The van der Waals surface area contributed by atoms with Gasteiger partial charge in [0, 0.05) is 25.7 Å². The van der Waals surface area contributed by atoms with E-state index in [4.69, 9.17) is 15.6 Å². The fourth-order valence-electron chi connectivity index (χ4n) is 4.56. The lowest BCUT2D eigenvalue weighted by molar-refractivity contribution is -0.127. The number of halogens is 3. The largest absolute Gasteiger partial charge is 0.486 e. The fraction of sp³-hybridized carbons (Fsp3) is 0.500. The zero-order chi connectivity index (χ0) is 23.2. The summed E-state index contributed by atoms with van der Waals surface area (Å²) in [5.74, 6) is 2.24. The first-order chi connectivity index (χ1) is 15.8. The van der Waals surface area contributed by atoms with Gasteiger partial charge in [-0.1, -0.05) is 18.2 Å². The molecular formula is C22H26F3N7O. The molecule has 4 heterocycles. The van der Waals surface area contributed by atoms with Gasteiger partial charge in [0.25, 0.3) is 0 Å². The normalized spacial score (nSPS) is 17.4. The van der Waals surface area contributed by atoms with Crippen molar-refractivity contribution in [1.82, 2.24) is 19.8 Å². The SMILES string of the molecule is CN1CCOc2c1c(N1CCC(CN)CC1)nn1c(-c3cccc(CC(F)(F)F)c3)nnc21. The van der Waals surface area contributed by atoms with Crippen molar-refractivity contribution in [3.8, 4) is 17.1 Å². The zero-order valence-corrected chi connectivity index (χ0v) is 18.3. The lowest BCUT2D eigenvalue weighted by atomic mass is 9.97. The molecule has 33 heavy (non-hydrogen) atoms. The van der Waals surface area contributed by atoms with E-state index in [1.165, 1.54) is 12.1 Å². The van der Waals surface area contributed by atoms with E-state index in [9.17, 15) is 13.2 Å². The second kappa shape index (κ2) is 8.36. The Morgan fingerprint density at radius 1 is 1.15 bits per heavy atom. The van der Waals surface area contributed by atoms with Gasteiger partial charge in [-0.3, -0.25) is 0 Å². The van der Waals surface area contributed by atoms with Gasteiger partial charge in [0.05, 0.1) is 13.0 Å². The lowest BCUT2D eigenvalue weighted by Crippen LogP contribution is -2.39. The molecule has 11 heteroatoms. The Kier molecular flexibility index (Phi) is 5.51. The van der Waals surface area contributed by atoms with Crippen molar-refractivity contribution in [3.05, 3.63) is 29.8 Å². The van der Waals surface area contributed by atoms with Gasteiger partial charge in [-0.2, -0.15) is 17.7 Å². The van der Waals surface area contributed by atoms with E-state index < -0.39 is 12.6 Å². The van der Waals surface area contributed by atoms with Crippen molar-refractivity contribution in [2.45, 2.75) is 25.4 Å². The van der Waals surface area contributed by atoms with Crippen LogP contribution in [0.25, 0.3) is 17.0 Å². The monoisotopic (exact) mass is 461 g/mol. The average molecular weight is 461 g/mol. The van der Waals surface area contributed by atoms with Gasteiger partial charge in [0.1, 0.15) is 12.3 Å². The van der Waals surface area contributed by atoms with E-state index in [1.807, 2.05) is 7.05 Å². The number of benzene rings is 1. The second-order valence-corrected chi connectivity index (χ2v) is 8.69. The Morgan fingerprint density at radius 3 is 2.67 bits per heavy atom. The molecule has 2 aromatic heterocycles. The molecule has 5 rings (SSSR count). The highest BCUT2D eigenvalue weighted by molar-refractivity contribution is 5.82. The van der Waals surface area contributed by atoms with Gasteiger partial charge in [-0.15, -0.1) is 15.3 Å². The molecule has 0 aliphatic carbocycles. The number of hydrogen-bond donors (Lipinski definition) is 1. The number of nitrogens with zero attached hydrogens (tertiary/aromatic N) is 6. The molecule has 0 radical (unpaired) electrons. The highest BCUT2D eigenvalue weighted by Crippen LogP contribution is 2.42. The van der Waals surface area contributed by atoms with Gasteiger partial charge in [0.15, 0.2) is 17.4 Å². The summed E-state index contributed by atoms with van der Waals surface area (Å²) in [6.07, 6.45) is -3.34. The highest BCUT2D eigenvalue weighted by Gasteiger charge is 2.32. The number of aromatic nitrogens is 4. The van der Waals surface area contributed by atoms with Gasteiger partial charge in [-0.05, 0) is 36.9 Å². The molecule has 0 amide bonds. The van der Waals surface area contributed by atoms with Crippen LogP contribution in [0.3, 0.4) is 0 Å². The van der Waals surface area contributed by atoms with Crippen LogP contribution in [0.5, 0.6) is 5.75 Å². The third-order valence-electron chi connectivity index (χ3n) is 6.36. The molecule has 2 N–H and O–H groups in total. The number of fused-ring (bicyclic) bond motifs is 3. The molecule has 1 fully saturated rings. The summed E-state index contributed by atoms with van der Waals surface area (Å²) in [4.78, 5) is 4.33. The van der Waals surface area contributed by atoms with Gasteiger partial charge < -0.3 is 20.3 Å². The van der Waals surface area contributed by atoms with E-state index in [-0.39, 0.29) is 5.56 Å². The summed E-state index contributed by atoms with van der Waals surface area (Å²) in [6, 6.07) is 6.26. The van der Waals surface area contributed by atoms with Crippen molar-refractivity contribution < 1.29 is 17.9 Å². The smallest absolute Gasteiger partial charge is 0.393 e. The maximum Gasteiger partial charge on any atom is 0.393 e. The molecule has 0 bridgehead atoms. The topological polar surface area (TPSA) is 84.8 Å². The first-order valence-electron chi connectivity index (χ1n) is 11.1. The summed E-state index contributed by atoms with van der Waals surface area (Å²) in [7, 11) is 1.99. The highest BCUT2D eigenvalue weighted by atomic mass is 19.4. The number of alkyl halides is 3. The Bertz CT molecular complexity index is 1150. The van der Waals surface area contributed by atoms with Gasteiger partial charge in [-0.25, -0.2) is 0 Å². The first kappa shape index (κ1) is 21.7. The minimum Gasteiger partial charge on any atom is -0.486 e. The zero-order valence-electron chi connectivity index (χ0n) is 18.3. The standard InChI is InChI=1S/C22H26F3N7O/c1-30-9-10-33-18-17(30)20(31-7-5-14(13-26)6-8-31)29-32-19(27-28-21(18)32)16-4-2-3-15(11-16)12-22(23,24)25/h2-4,11,14H,5-10,12-13,26H2,1H3. The molecule has 0 atom stereocenters. The number of hydrogen-bond acceptors (Lipinski definition) is 7. The van der Waals surface area contributed by atoms with Crippen molar-refractivity contribution in [2.75, 3.05) is 49.6 Å². The summed E-state index contributed by atoms with van der Waals surface area (Å²) >= 11 is 0.